The molecule has 1 aromatic heterocycles. The molecule has 0 aliphatic rings. The summed E-state index contributed by atoms with van der Waals surface area (Å²) < 4.78 is 23.5. The number of hydrogen-bond acceptors (Lipinski definition) is 3. The molecule has 0 saturated heterocycles. The van der Waals surface area contributed by atoms with Crippen LogP contribution in [0.3, 0.4) is 0 Å². The molecule has 1 rings (SSSR count). The fourth-order valence-electron chi connectivity index (χ4n) is 1.12. The first-order chi connectivity index (χ1) is 6.53. The number of nitrogens with two attached hydrogens (primary N) is 1. The summed E-state index contributed by atoms with van der Waals surface area (Å²) in [6.45, 7) is 2.13. The van der Waals surface area contributed by atoms with Crippen LogP contribution in [0, 0.1) is 0 Å². The summed E-state index contributed by atoms with van der Waals surface area (Å²) in [6.07, 6.45) is 2.44. The van der Waals surface area contributed by atoms with E-state index in [1.54, 1.807) is 6.20 Å². The number of hydrogen-bond donors (Lipinski definition) is 2. The van der Waals surface area contributed by atoms with Gasteiger partial charge in [0.05, 0.1) is 12.2 Å². The van der Waals surface area contributed by atoms with Crippen LogP contribution in [0.25, 0.3) is 0 Å². The molecule has 0 unspecified atom stereocenters. The maximum absolute atomic E-state index is 10.6. The van der Waals surface area contributed by atoms with E-state index in [-0.39, 0.29) is 6.54 Å². The average Bonchev–Trinajstić information content (AvgIpc) is 2.14. The highest BCUT2D eigenvalue weighted by atomic mass is 32.2. The maximum atomic E-state index is 10.6. The number of aromatic nitrogens is 1. The van der Waals surface area contributed by atoms with Crippen molar-refractivity contribution in [3.8, 4) is 0 Å². The predicted octanol–water partition coefficient (Wildman–Crippen LogP) is -0.0629. The predicted molar refractivity (Wildman–Crippen MR) is 53.6 cm³/mol. The third-order valence-corrected chi connectivity index (χ3v) is 2.35. The second kappa shape index (κ2) is 4.50. The van der Waals surface area contributed by atoms with Gasteiger partial charge in [0.1, 0.15) is 0 Å². The summed E-state index contributed by atoms with van der Waals surface area (Å²) in [5, 5.41) is 4.81. The quantitative estimate of drug-likeness (QED) is 0.737. The molecular formula is C8H13N3O2S. The molecule has 0 fully saturated rings. The lowest BCUT2D eigenvalue weighted by Gasteiger charge is -2.05. The van der Waals surface area contributed by atoms with E-state index in [0.29, 0.717) is 5.69 Å². The second-order valence-corrected chi connectivity index (χ2v) is 4.21. The lowest BCUT2D eigenvalue weighted by atomic mass is 10.1. The summed E-state index contributed by atoms with van der Waals surface area (Å²) in [5.41, 5.74) is 1.73. The minimum absolute atomic E-state index is 0.142. The molecule has 6 heteroatoms. The third-order valence-electron chi connectivity index (χ3n) is 1.81. The Balaban J connectivity index is 2.76. The van der Waals surface area contributed by atoms with Crippen LogP contribution in [0.1, 0.15) is 18.2 Å². The Morgan fingerprint density at radius 2 is 2.29 bits per heavy atom. The molecule has 0 spiro atoms. The van der Waals surface area contributed by atoms with Crippen molar-refractivity contribution < 1.29 is 8.42 Å². The van der Waals surface area contributed by atoms with E-state index >= 15 is 0 Å². The van der Waals surface area contributed by atoms with Crippen LogP contribution in [0.4, 0.5) is 0 Å². The van der Waals surface area contributed by atoms with Crippen molar-refractivity contribution in [1.29, 1.82) is 0 Å². The SMILES string of the molecule is CCc1cccnc1CNS(N)(=O)=O. The lowest BCUT2D eigenvalue weighted by molar-refractivity contribution is 0.582. The highest BCUT2D eigenvalue weighted by molar-refractivity contribution is 7.87. The number of pyridine rings is 1. The third kappa shape index (κ3) is 3.41. The largest absolute Gasteiger partial charge is 0.274 e. The zero-order valence-electron chi connectivity index (χ0n) is 7.90. The van der Waals surface area contributed by atoms with Crippen LogP contribution in [0.2, 0.25) is 0 Å². The van der Waals surface area contributed by atoms with Gasteiger partial charge in [-0.3, -0.25) is 4.98 Å². The molecule has 0 aromatic carbocycles. The molecule has 0 bridgehead atoms. The molecule has 1 aromatic rings. The van der Waals surface area contributed by atoms with Gasteiger partial charge in [0.15, 0.2) is 0 Å². The van der Waals surface area contributed by atoms with Crippen LogP contribution in [-0.2, 0) is 23.2 Å². The van der Waals surface area contributed by atoms with E-state index in [4.69, 9.17) is 5.14 Å². The van der Waals surface area contributed by atoms with Crippen molar-refractivity contribution in [1.82, 2.24) is 9.71 Å². The van der Waals surface area contributed by atoms with E-state index in [0.717, 1.165) is 12.0 Å². The molecule has 0 atom stereocenters. The van der Waals surface area contributed by atoms with E-state index in [2.05, 4.69) is 9.71 Å². The van der Waals surface area contributed by atoms with Crippen molar-refractivity contribution in [2.75, 3.05) is 0 Å². The van der Waals surface area contributed by atoms with Crippen molar-refractivity contribution in [2.45, 2.75) is 19.9 Å². The standard InChI is InChI=1S/C8H13N3O2S/c1-2-7-4-3-5-10-8(7)6-11-14(9,12)13/h3-5,11H,2,6H2,1H3,(H2,9,12,13). The van der Waals surface area contributed by atoms with Gasteiger partial charge in [0.2, 0.25) is 0 Å². The van der Waals surface area contributed by atoms with E-state index in [1.807, 2.05) is 19.1 Å². The molecule has 5 nitrogen and oxygen atoms in total. The number of nitrogens with one attached hydrogen (secondary N) is 1. The van der Waals surface area contributed by atoms with Gasteiger partial charge in [-0.05, 0) is 18.1 Å². The van der Waals surface area contributed by atoms with E-state index in [9.17, 15) is 8.42 Å². The smallest absolute Gasteiger partial charge is 0.260 e. The van der Waals surface area contributed by atoms with Crippen LogP contribution >= 0.6 is 0 Å². The van der Waals surface area contributed by atoms with Gasteiger partial charge >= 0.3 is 0 Å². The molecule has 0 aliphatic heterocycles. The molecule has 3 N–H and O–H groups in total. The lowest BCUT2D eigenvalue weighted by Crippen LogP contribution is -2.30. The first-order valence-electron chi connectivity index (χ1n) is 4.23. The molecule has 14 heavy (non-hydrogen) atoms. The second-order valence-electron chi connectivity index (χ2n) is 2.83. The fraction of sp³-hybridized carbons (Fsp3) is 0.375. The van der Waals surface area contributed by atoms with E-state index in [1.165, 1.54) is 0 Å². The molecule has 1 heterocycles. The highest BCUT2D eigenvalue weighted by Crippen LogP contribution is 2.05. The van der Waals surface area contributed by atoms with Gasteiger partial charge < -0.3 is 0 Å². The fourth-order valence-corrected chi connectivity index (χ4v) is 1.46. The molecule has 0 saturated carbocycles. The van der Waals surface area contributed by atoms with Crippen molar-refractivity contribution >= 4 is 10.2 Å². The normalized spacial score (nSPS) is 11.6. The van der Waals surface area contributed by atoms with Gasteiger partial charge in [0, 0.05) is 6.20 Å². The van der Waals surface area contributed by atoms with Gasteiger partial charge in [-0.1, -0.05) is 13.0 Å². The van der Waals surface area contributed by atoms with Gasteiger partial charge in [-0.25, -0.2) is 5.14 Å². The summed E-state index contributed by atoms with van der Waals surface area (Å²) in [7, 11) is -3.64. The summed E-state index contributed by atoms with van der Waals surface area (Å²) in [4.78, 5) is 4.07. The van der Waals surface area contributed by atoms with Gasteiger partial charge in [-0.15, -0.1) is 0 Å². The Bertz CT molecular complexity index is 403. The summed E-state index contributed by atoms with van der Waals surface area (Å²) in [5.74, 6) is 0. The van der Waals surface area contributed by atoms with Crippen LogP contribution in [-0.4, -0.2) is 13.4 Å². The van der Waals surface area contributed by atoms with E-state index < -0.39 is 10.2 Å². The highest BCUT2D eigenvalue weighted by Gasteiger charge is 2.05. The van der Waals surface area contributed by atoms with Crippen LogP contribution < -0.4 is 9.86 Å². The zero-order chi connectivity index (χ0) is 10.6. The Hall–Kier alpha value is -0.980. The van der Waals surface area contributed by atoms with Crippen LogP contribution in [0.15, 0.2) is 18.3 Å². The average molecular weight is 215 g/mol. The Labute approximate surface area is 83.5 Å². The first-order valence-corrected chi connectivity index (χ1v) is 5.77. The van der Waals surface area contributed by atoms with Gasteiger partial charge in [-0.2, -0.15) is 13.1 Å². The van der Waals surface area contributed by atoms with Gasteiger partial charge in [0.25, 0.3) is 10.2 Å². The number of rotatable bonds is 4. The summed E-state index contributed by atoms with van der Waals surface area (Å²) >= 11 is 0. The molecular weight excluding hydrogens is 202 g/mol. The molecule has 0 aliphatic carbocycles. The number of nitrogens with zero attached hydrogens (tertiary/aromatic N) is 1. The minimum atomic E-state index is -3.64. The Morgan fingerprint density at radius 3 is 2.86 bits per heavy atom. The Kier molecular flexibility index (Phi) is 3.56. The van der Waals surface area contributed by atoms with Crippen molar-refractivity contribution in [3.05, 3.63) is 29.6 Å². The van der Waals surface area contributed by atoms with Crippen LogP contribution in [0.5, 0.6) is 0 Å². The molecule has 0 radical (unpaired) electrons. The minimum Gasteiger partial charge on any atom is -0.260 e. The zero-order valence-corrected chi connectivity index (χ0v) is 8.71. The summed E-state index contributed by atoms with van der Waals surface area (Å²) in [6, 6.07) is 3.73. The van der Waals surface area contributed by atoms with Crippen molar-refractivity contribution in [3.63, 3.8) is 0 Å². The molecule has 78 valence electrons. The monoisotopic (exact) mass is 215 g/mol. The van der Waals surface area contributed by atoms with Crippen molar-refractivity contribution in [2.24, 2.45) is 5.14 Å². The maximum Gasteiger partial charge on any atom is 0.274 e. The first kappa shape index (κ1) is 11.1. The number of aryl methyl sites for hydroxylation is 1. The molecule has 0 amide bonds. The topological polar surface area (TPSA) is 85.1 Å². The Morgan fingerprint density at radius 1 is 1.57 bits per heavy atom.